The largest absolute Gasteiger partial charge is 0.481 e. The van der Waals surface area contributed by atoms with Crippen molar-refractivity contribution in [2.45, 2.75) is 33.0 Å². The molecule has 2 atom stereocenters. The van der Waals surface area contributed by atoms with E-state index in [0.29, 0.717) is 29.8 Å². The van der Waals surface area contributed by atoms with Gasteiger partial charge in [-0.3, -0.25) is 9.69 Å². The fourth-order valence-corrected chi connectivity index (χ4v) is 2.84. The maximum absolute atomic E-state index is 12.2. The molecule has 0 bridgehead atoms. The first kappa shape index (κ1) is 19.0. The van der Waals surface area contributed by atoms with Gasteiger partial charge >= 0.3 is 0 Å². The number of nitrogens with one attached hydrogen (secondary N) is 1. The monoisotopic (exact) mass is 354 g/mol. The van der Waals surface area contributed by atoms with Gasteiger partial charge in [0, 0.05) is 31.2 Å². The Morgan fingerprint density at radius 2 is 2.08 bits per heavy atom. The van der Waals surface area contributed by atoms with Gasteiger partial charge in [-0.1, -0.05) is 25.4 Å². The lowest BCUT2D eigenvalue weighted by Gasteiger charge is -2.34. The Morgan fingerprint density at radius 3 is 2.75 bits per heavy atom. The highest BCUT2D eigenvalue weighted by Crippen LogP contribution is 2.16. The Bertz CT molecular complexity index is 522. The van der Waals surface area contributed by atoms with Crippen LogP contribution in [-0.4, -0.2) is 55.8 Å². The second kappa shape index (κ2) is 9.25. The number of benzene rings is 1. The number of morpholine rings is 1. The molecule has 0 spiro atoms. The van der Waals surface area contributed by atoms with Crippen LogP contribution in [0.15, 0.2) is 24.3 Å². The van der Waals surface area contributed by atoms with Crippen molar-refractivity contribution in [2.75, 3.05) is 32.8 Å². The average molecular weight is 355 g/mol. The standard InChI is InChI=1S/C18H27ClN2O3/c1-13(2)11-21-8-9-23-17(12-21)10-20-18(22)14(3)24-16-6-4-15(19)5-7-16/h4-7,13-14,17H,8-12H2,1-3H3,(H,20,22). The summed E-state index contributed by atoms with van der Waals surface area (Å²) in [5.74, 6) is 1.11. The summed E-state index contributed by atoms with van der Waals surface area (Å²) in [6.07, 6.45) is -0.536. The zero-order valence-electron chi connectivity index (χ0n) is 14.6. The Hall–Kier alpha value is -1.30. The smallest absolute Gasteiger partial charge is 0.260 e. The number of nitrogens with zero attached hydrogens (tertiary/aromatic N) is 1. The minimum absolute atomic E-state index is 0.0316. The van der Waals surface area contributed by atoms with Crippen LogP contribution in [0.25, 0.3) is 0 Å². The molecule has 1 fully saturated rings. The number of ether oxygens (including phenoxy) is 2. The fraction of sp³-hybridized carbons (Fsp3) is 0.611. The molecular weight excluding hydrogens is 328 g/mol. The molecule has 1 amide bonds. The summed E-state index contributed by atoms with van der Waals surface area (Å²) in [7, 11) is 0. The molecule has 24 heavy (non-hydrogen) atoms. The summed E-state index contributed by atoms with van der Waals surface area (Å²) in [5, 5.41) is 3.55. The molecule has 0 saturated carbocycles. The van der Waals surface area contributed by atoms with Crippen molar-refractivity contribution in [1.29, 1.82) is 0 Å². The highest BCUT2D eigenvalue weighted by atomic mass is 35.5. The molecule has 0 aliphatic carbocycles. The van der Waals surface area contributed by atoms with E-state index in [-0.39, 0.29) is 12.0 Å². The molecule has 1 N–H and O–H groups in total. The van der Waals surface area contributed by atoms with Crippen LogP contribution in [0, 0.1) is 5.92 Å². The molecule has 6 heteroatoms. The van der Waals surface area contributed by atoms with Gasteiger partial charge in [-0.25, -0.2) is 0 Å². The highest BCUT2D eigenvalue weighted by Gasteiger charge is 2.22. The van der Waals surface area contributed by atoms with Crippen molar-refractivity contribution in [1.82, 2.24) is 10.2 Å². The Labute approximate surface area is 149 Å². The van der Waals surface area contributed by atoms with Crippen LogP contribution >= 0.6 is 11.6 Å². The molecular formula is C18H27ClN2O3. The third kappa shape index (κ3) is 6.30. The number of carbonyl (C=O) groups excluding carboxylic acids is 1. The molecule has 1 aromatic carbocycles. The Morgan fingerprint density at radius 1 is 1.38 bits per heavy atom. The van der Waals surface area contributed by atoms with E-state index in [0.717, 1.165) is 19.6 Å². The summed E-state index contributed by atoms with van der Waals surface area (Å²) < 4.78 is 11.4. The minimum Gasteiger partial charge on any atom is -0.481 e. The van der Waals surface area contributed by atoms with E-state index < -0.39 is 6.10 Å². The average Bonchev–Trinajstić information content (AvgIpc) is 2.54. The molecule has 0 aromatic heterocycles. The second-order valence-electron chi connectivity index (χ2n) is 6.61. The Balaban J connectivity index is 1.74. The summed E-state index contributed by atoms with van der Waals surface area (Å²) in [6.45, 7) is 10.2. The van der Waals surface area contributed by atoms with E-state index in [9.17, 15) is 4.79 Å². The van der Waals surface area contributed by atoms with Crippen LogP contribution in [0.4, 0.5) is 0 Å². The third-order valence-electron chi connectivity index (χ3n) is 3.85. The van der Waals surface area contributed by atoms with Gasteiger partial charge in [-0.05, 0) is 37.1 Å². The molecule has 1 aliphatic heterocycles. The first-order valence-electron chi connectivity index (χ1n) is 8.48. The molecule has 1 saturated heterocycles. The third-order valence-corrected chi connectivity index (χ3v) is 4.10. The molecule has 5 nitrogen and oxygen atoms in total. The zero-order valence-corrected chi connectivity index (χ0v) is 15.4. The molecule has 1 aliphatic rings. The number of halogens is 1. The van der Waals surface area contributed by atoms with Crippen molar-refractivity contribution in [3.8, 4) is 5.75 Å². The van der Waals surface area contributed by atoms with E-state index in [2.05, 4.69) is 24.1 Å². The molecule has 0 radical (unpaired) electrons. The number of amides is 1. The lowest BCUT2D eigenvalue weighted by molar-refractivity contribution is -0.128. The fourth-order valence-electron chi connectivity index (χ4n) is 2.72. The van der Waals surface area contributed by atoms with Crippen LogP contribution in [0.5, 0.6) is 5.75 Å². The first-order chi connectivity index (χ1) is 11.4. The van der Waals surface area contributed by atoms with Gasteiger partial charge < -0.3 is 14.8 Å². The number of rotatable bonds is 7. The van der Waals surface area contributed by atoms with Crippen LogP contribution in [0.1, 0.15) is 20.8 Å². The van der Waals surface area contributed by atoms with Crippen molar-refractivity contribution >= 4 is 17.5 Å². The number of carbonyl (C=O) groups is 1. The van der Waals surface area contributed by atoms with Crippen molar-refractivity contribution < 1.29 is 14.3 Å². The maximum Gasteiger partial charge on any atom is 0.260 e. The number of hydrogen-bond donors (Lipinski definition) is 1. The van der Waals surface area contributed by atoms with Gasteiger partial charge in [0.1, 0.15) is 5.75 Å². The van der Waals surface area contributed by atoms with E-state index in [4.69, 9.17) is 21.1 Å². The molecule has 2 rings (SSSR count). The van der Waals surface area contributed by atoms with Crippen molar-refractivity contribution in [3.63, 3.8) is 0 Å². The molecule has 2 unspecified atom stereocenters. The lowest BCUT2D eigenvalue weighted by atomic mass is 10.2. The lowest BCUT2D eigenvalue weighted by Crippen LogP contribution is -2.49. The van der Waals surface area contributed by atoms with Gasteiger partial charge in [0.15, 0.2) is 6.10 Å². The normalized spacial score (nSPS) is 20.0. The Kier molecular flexibility index (Phi) is 7.34. The van der Waals surface area contributed by atoms with Gasteiger partial charge in [0.2, 0.25) is 0 Å². The summed E-state index contributed by atoms with van der Waals surface area (Å²) in [6, 6.07) is 6.97. The molecule has 1 heterocycles. The van der Waals surface area contributed by atoms with Crippen LogP contribution in [-0.2, 0) is 9.53 Å². The molecule has 134 valence electrons. The van der Waals surface area contributed by atoms with E-state index in [1.807, 2.05) is 0 Å². The van der Waals surface area contributed by atoms with Gasteiger partial charge in [0.05, 0.1) is 12.7 Å². The quantitative estimate of drug-likeness (QED) is 0.817. The highest BCUT2D eigenvalue weighted by molar-refractivity contribution is 6.30. The van der Waals surface area contributed by atoms with Crippen LogP contribution < -0.4 is 10.1 Å². The van der Waals surface area contributed by atoms with Crippen LogP contribution in [0.2, 0.25) is 5.02 Å². The maximum atomic E-state index is 12.2. The predicted octanol–water partition coefficient (Wildman–Crippen LogP) is 2.58. The predicted molar refractivity (Wildman–Crippen MR) is 95.6 cm³/mol. The first-order valence-corrected chi connectivity index (χ1v) is 8.85. The SMILES string of the molecule is CC(C)CN1CCOC(CNC(=O)C(C)Oc2ccc(Cl)cc2)C1. The minimum atomic E-state index is -0.568. The summed E-state index contributed by atoms with van der Waals surface area (Å²) in [5.41, 5.74) is 0. The topological polar surface area (TPSA) is 50.8 Å². The summed E-state index contributed by atoms with van der Waals surface area (Å²) in [4.78, 5) is 14.6. The van der Waals surface area contributed by atoms with E-state index in [1.165, 1.54) is 0 Å². The second-order valence-corrected chi connectivity index (χ2v) is 7.04. The zero-order chi connectivity index (χ0) is 17.5. The molecule has 1 aromatic rings. The van der Waals surface area contributed by atoms with Gasteiger partial charge in [-0.2, -0.15) is 0 Å². The van der Waals surface area contributed by atoms with E-state index in [1.54, 1.807) is 31.2 Å². The number of hydrogen-bond acceptors (Lipinski definition) is 4. The van der Waals surface area contributed by atoms with Gasteiger partial charge in [-0.15, -0.1) is 0 Å². The van der Waals surface area contributed by atoms with Gasteiger partial charge in [0.25, 0.3) is 5.91 Å². The van der Waals surface area contributed by atoms with E-state index >= 15 is 0 Å². The summed E-state index contributed by atoms with van der Waals surface area (Å²) >= 11 is 5.84. The van der Waals surface area contributed by atoms with Crippen molar-refractivity contribution in [3.05, 3.63) is 29.3 Å². The van der Waals surface area contributed by atoms with Crippen molar-refractivity contribution in [2.24, 2.45) is 5.92 Å². The van der Waals surface area contributed by atoms with Crippen LogP contribution in [0.3, 0.4) is 0 Å².